The zero-order valence-corrected chi connectivity index (χ0v) is 10.8. The van der Waals surface area contributed by atoms with Crippen molar-refractivity contribution in [2.24, 2.45) is 5.10 Å². The van der Waals surface area contributed by atoms with Crippen molar-refractivity contribution < 1.29 is 9.90 Å². The van der Waals surface area contributed by atoms with Crippen LogP contribution in [-0.2, 0) is 0 Å². The predicted molar refractivity (Wildman–Crippen MR) is 76.5 cm³/mol. The average molecular weight is 256 g/mol. The van der Waals surface area contributed by atoms with Crippen LogP contribution in [0.15, 0.2) is 41.5 Å². The molecule has 2 rings (SSSR count). The van der Waals surface area contributed by atoms with Gasteiger partial charge in [-0.05, 0) is 29.3 Å². The van der Waals surface area contributed by atoms with Gasteiger partial charge in [-0.3, -0.25) is 4.79 Å². The van der Waals surface area contributed by atoms with E-state index in [0.717, 1.165) is 23.6 Å². The first-order valence-electron chi connectivity index (χ1n) is 6.26. The fourth-order valence-electron chi connectivity index (χ4n) is 1.77. The van der Waals surface area contributed by atoms with Crippen molar-refractivity contribution in [3.63, 3.8) is 0 Å². The van der Waals surface area contributed by atoms with E-state index in [2.05, 4.69) is 10.5 Å². The molecule has 0 radical (unpaired) electrons. The summed E-state index contributed by atoms with van der Waals surface area (Å²) in [5, 5.41) is 15.5. The Bertz CT molecular complexity index is 621. The number of phenolic OH excluding ortho intramolecular Hbond substituents is 1. The predicted octanol–water partition coefficient (Wildman–Crippen LogP) is 3.06. The van der Waals surface area contributed by atoms with Gasteiger partial charge in [-0.1, -0.05) is 37.6 Å². The zero-order valence-electron chi connectivity index (χ0n) is 10.8. The Kier molecular flexibility index (Phi) is 4.13. The Hall–Kier alpha value is -2.36. The maximum absolute atomic E-state index is 11.9. The number of nitrogens with one attached hydrogen (secondary N) is 1. The molecular weight excluding hydrogens is 240 g/mol. The van der Waals surface area contributed by atoms with Gasteiger partial charge in [-0.15, -0.1) is 0 Å². The van der Waals surface area contributed by atoms with Gasteiger partial charge in [-0.25, -0.2) is 5.43 Å². The molecule has 2 aromatic rings. The van der Waals surface area contributed by atoms with Crippen LogP contribution in [0.5, 0.6) is 5.75 Å². The second-order valence-electron chi connectivity index (χ2n) is 4.26. The van der Waals surface area contributed by atoms with Gasteiger partial charge in [0.2, 0.25) is 0 Å². The van der Waals surface area contributed by atoms with Gasteiger partial charge in [-0.2, -0.15) is 5.10 Å². The van der Waals surface area contributed by atoms with Crippen molar-refractivity contribution >= 4 is 22.9 Å². The van der Waals surface area contributed by atoms with Gasteiger partial charge in [0.25, 0.3) is 5.91 Å². The lowest BCUT2D eigenvalue weighted by Gasteiger charge is -2.05. The lowest BCUT2D eigenvalue weighted by atomic mass is 10.1. The minimum Gasteiger partial charge on any atom is -0.507 e. The van der Waals surface area contributed by atoms with Crippen molar-refractivity contribution in [2.45, 2.75) is 19.8 Å². The second kappa shape index (κ2) is 6.00. The molecule has 0 heterocycles. The number of hydrogen-bond donors (Lipinski definition) is 2. The van der Waals surface area contributed by atoms with Crippen LogP contribution in [0.3, 0.4) is 0 Å². The molecule has 0 aromatic heterocycles. The minimum absolute atomic E-state index is 0.0399. The molecule has 4 heteroatoms. The molecule has 0 saturated carbocycles. The maximum Gasteiger partial charge on any atom is 0.275 e. The van der Waals surface area contributed by atoms with Crippen molar-refractivity contribution in [3.05, 3.63) is 42.0 Å². The Labute approximate surface area is 111 Å². The number of benzene rings is 2. The molecule has 0 unspecified atom stereocenters. The van der Waals surface area contributed by atoms with E-state index in [0.29, 0.717) is 0 Å². The fraction of sp³-hybridized carbons (Fsp3) is 0.200. The third-order valence-corrected chi connectivity index (χ3v) is 2.78. The number of carbonyl (C=O) groups is 1. The molecule has 4 nitrogen and oxygen atoms in total. The highest BCUT2D eigenvalue weighted by atomic mass is 16.3. The molecule has 0 atom stereocenters. The van der Waals surface area contributed by atoms with Gasteiger partial charge < -0.3 is 5.11 Å². The summed E-state index contributed by atoms with van der Waals surface area (Å²) in [7, 11) is 0. The van der Waals surface area contributed by atoms with Gasteiger partial charge in [0, 0.05) is 6.21 Å². The molecule has 0 aliphatic heterocycles. The highest BCUT2D eigenvalue weighted by Gasteiger charge is 2.11. The van der Waals surface area contributed by atoms with Crippen LogP contribution in [0.1, 0.15) is 30.1 Å². The molecule has 19 heavy (non-hydrogen) atoms. The number of hydrazone groups is 1. The summed E-state index contributed by atoms with van der Waals surface area (Å²) >= 11 is 0. The molecule has 2 aromatic carbocycles. The monoisotopic (exact) mass is 256 g/mol. The summed E-state index contributed by atoms with van der Waals surface area (Å²) in [6, 6.07) is 10.8. The van der Waals surface area contributed by atoms with E-state index < -0.39 is 5.91 Å². The molecular formula is C15H16N2O2. The van der Waals surface area contributed by atoms with Crippen LogP contribution in [0.4, 0.5) is 0 Å². The number of rotatable bonds is 4. The van der Waals surface area contributed by atoms with E-state index >= 15 is 0 Å². The second-order valence-corrected chi connectivity index (χ2v) is 4.26. The first-order valence-corrected chi connectivity index (χ1v) is 6.26. The number of nitrogens with zero attached hydrogens (tertiary/aromatic N) is 1. The van der Waals surface area contributed by atoms with Crippen LogP contribution in [0.2, 0.25) is 0 Å². The number of amides is 1. The maximum atomic E-state index is 11.9. The molecule has 0 saturated heterocycles. The Morgan fingerprint density at radius 2 is 2.00 bits per heavy atom. The Morgan fingerprint density at radius 1 is 1.32 bits per heavy atom. The number of unbranched alkanes of at least 4 members (excludes halogenated alkanes) is 1. The SMILES string of the molecule is CCCC=NNC(=O)c1cc2ccccc2cc1O. The first-order chi connectivity index (χ1) is 9.22. The Balaban J connectivity index is 2.24. The lowest BCUT2D eigenvalue weighted by Crippen LogP contribution is -2.17. The molecule has 2 N–H and O–H groups in total. The fourth-order valence-corrected chi connectivity index (χ4v) is 1.77. The average Bonchev–Trinajstić information content (AvgIpc) is 2.42. The number of phenols is 1. The lowest BCUT2D eigenvalue weighted by molar-refractivity contribution is 0.0952. The number of hydrogen-bond acceptors (Lipinski definition) is 3. The van der Waals surface area contributed by atoms with E-state index in [-0.39, 0.29) is 11.3 Å². The molecule has 0 bridgehead atoms. The molecule has 0 aliphatic carbocycles. The van der Waals surface area contributed by atoms with E-state index in [1.807, 2.05) is 31.2 Å². The van der Waals surface area contributed by atoms with E-state index in [9.17, 15) is 9.90 Å². The van der Waals surface area contributed by atoms with Crippen LogP contribution in [0.25, 0.3) is 10.8 Å². The van der Waals surface area contributed by atoms with Crippen LogP contribution in [0, 0.1) is 0 Å². The summed E-state index contributed by atoms with van der Waals surface area (Å²) < 4.78 is 0. The van der Waals surface area contributed by atoms with Crippen LogP contribution >= 0.6 is 0 Å². The third kappa shape index (κ3) is 3.10. The smallest absolute Gasteiger partial charge is 0.275 e. The van der Waals surface area contributed by atoms with Gasteiger partial charge in [0.05, 0.1) is 5.56 Å². The summed E-state index contributed by atoms with van der Waals surface area (Å²) in [6.07, 6.45) is 3.43. The van der Waals surface area contributed by atoms with Gasteiger partial charge >= 0.3 is 0 Å². The first kappa shape index (κ1) is 13.1. The topological polar surface area (TPSA) is 61.7 Å². The van der Waals surface area contributed by atoms with Crippen molar-refractivity contribution in [3.8, 4) is 5.75 Å². The zero-order chi connectivity index (χ0) is 13.7. The highest BCUT2D eigenvalue weighted by molar-refractivity contribution is 6.01. The third-order valence-electron chi connectivity index (χ3n) is 2.78. The van der Waals surface area contributed by atoms with E-state index in [1.54, 1.807) is 18.3 Å². The number of aromatic hydroxyl groups is 1. The molecule has 98 valence electrons. The largest absolute Gasteiger partial charge is 0.507 e. The van der Waals surface area contributed by atoms with E-state index in [1.165, 1.54) is 0 Å². The molecule has 0 fully saturated rings. The van der Waals surface area contributed by atoms with Crippen molar-refractivity contribution in [1.29, 1.82) is 0 Å². The molecule has 0 spiro atoms. The van der Waals surface area contributed by atoms with Crippen molar-refractivity contribution in [1.82, 2.24) is 5.43 Å². The molecule has 1 amide bonds. The minimum atomic E-state index is -0.407. The standard InChI is InChI=1S/C15H16N2O2/c1-2-3-8-16-17-15(19)13-9-11-6-4-5-7-12(11)10-14(13)18/h4-10,18H,2-3H2,1H3,(H,17,19). The van der Waals surface area contributed by atoms with Gasteiger partial charge in [0.15, 0.2) is 0 Å². The molecule has 0 aliphatic rings. The quantitative estimate of drug-likeness (QED) is 0.652. The summed E-state index contributed by atoms with van der Waals surface area (Å²) in [6.45, 7) is 2.03. The summed E-state index contributed by atoms with van der Waals surface area (Å²) in [5.74, 6) is -0.447. The Morgan fingerprint density at radius 3 is 2.68 bits per heavy atom. The van der Waals surface area contributed by atoms with Crippen LogP contribution in [-0.4, -0.2) is 17.2 Å². The number of carbonyl (C=O) groups excluding carboxylic acids is 1. The summed E-state index contributed by atoms with van der Waals surface area (Å²) in [5.41, 5.74) is 2.64. The normalized spacial score (nSPS) is 11.0. The highest BCUT2D eigenvalue weighted by Crippen LogP contribution is 2.24. The van der Waals surface area contributed by atoms with Crippen molar-refractivity contribution in [2.75, 3.05) is 0 Å². The van der Waals surface area contributed by atoms with E-state index in [4.69, 9.17) is 0 Å². The van der Waals surface area contributed by atoms with Crippen LogP contribution < -0.4 is 5.43 Å². The summed E-state index contributed by atoms with van der Waals surface area (Å²) in [4.78, 5) is 11.9. The number of fused-ring (bicyclic) bond motifs is 1. The van der Waals surface area contributed by atoms with Gasteiger partial charge in [0.1, 0.15) is 5.75 Å².